The first kappa shape index (κ1) is 31.8. The topological polar surface area (TPSA) is 149 Å². The van der Waals surface area contributed by atoms with Crippen LogP contribution in [0, 0.1) is 0 Å². The summed E-state index contributed by atoms with van der Waals surface area (Å²) in [5.41, 5.74) is 6.56. The van der Waals surface area contributed by atoms with Crippen LogP contribution in [0.5, 0.6) is 5.75 Å². The molecule has 2 aromatic heterocycles. The highest BCUT2D eigenvalue weighted by Crippen LogP contribution is 2.50. The molecule has 14 heteroatoms. The molecule has 3 aromatic rings. The molecule has 1 aliphatic heterocycles. The van der Waals surface area contributed by atoms with Gasteiger partial charge in [0.25, 0.3) is 11.8 Å². The van der Waals surface area contributed by atoms with Crippen LogP contribution in [0.1, 0.15) is 59.6 Å². The maximum absolute atomic E-state index is 13.2. The number of phosphoric ester groups is 1. The summed E-state index contributed by atoms with van der Waals surface area (Å²) in [4.78, 5) is 38.1. The number of rotatable bonds is 16. The minimum absolute atomic E-state index is 0.251. The molecule has 0 radical (unpaired) electrons. The summed E-state index contributed by atoms with van der Waals surface area (Å²) >= 11 is 1.31. The summed E-state index contributed by atoms with van der Waals surface area (Å²) in [5.74, 6) is 0.341. The average Bonchev–Trinajstić information content (AvgIpc) is 3.43. The zero-order valence-electron chi connectivity index (χ0n) is 24.1. The maximum Gasteiger partial charge on any atom is 0.530 e. The van der Waals surface area contributed by atoms with E-state index in [1.54, 1.807) is 30.3 Å². The van der Waals surface area contributed by atoms with Crippen LogP contribution in [0.3, 0.4) is 0 Å². The van der Waals surface area contributed by atoms with Gasteiger partial charge in [-0.25, -0.2) is 14.5 Å². The number of aromatic nitrogens is 2. The quantitative estimate of drug-likeness (QED) is 0.174. The number of anilines is 1. The minimum Gasteiger partial charge on any atom is -0.404 e. The molecule has 42 heavy (non-hydrogen) atoms. The molecule has 2 amide bonds. The van der Waals surface area contributed by atoms with E-state index in [1.165, 1.54) is 17.7 Å². The molecule has 1 fully saturated rings. The Labute approximate surface area is 250 Å². The van der Waals surface area contributed by atoms with Gasteiger partial charge in [0.2, 0.25) is 0 Å². The molecule has 3 heterocycles. The Bertz CT molecular complexity index is 1380. The van der Waals surface area contributed by atoms with Crippen LogP contribution in [0.2, 0.25) is 0 Å². The van der Waals surface area contributed by atoms with E-state index in [1.807, 2.05) is 13.8 Å². The number of carbonyl (C=O) groups excluding carboxylic acids is 2. The molecule has 0 saturated carbocycles. The van der Waals surface area contributed by atoms with Crippen molar-refractivity contribution in [1.29, 1.82) is 0 Å². The molecule has 0 atom stereocenters. The van der Waals surface area contributed by atoms with Crippen molar-refractivity contribution in [3.05, 3.63) is 47.1 Å². The second-order valence-corrected chi connectivity index (χ2v) is 12.6. The standard InChI is InChI=1S/C28H39N6O6PS/c1-3-5-16-38-41(37,39-17-6-4-2)40-22-9-7-8-21(18-22)28(36)30-10-11-33-12-14-34(15-13-33)27-25-23(31-20-32-27)19-24(42-25)26(29)35/h7-9,18-20H,3-6,10-17H2,1-2H3,(H2,29,35)(H,30,36). The molecule has 0 spiro atoms. The Kier molecular flexibility index (Phi) is 11.7. The molecule has 4 rings (SSSR count). The lowest BCUT2D eigenvalue weighted by atomic mass is 10.2. The molecular formula is C28H39N6O6PS. The molecule has 0 aliphatic carbocycles. The Balaban J connectivity index is 1.26. The van der Waals surface area contributed by atoms with Gasteiger partial charge in [-0.05, 0) is 37.1 Å². The molecular weight excluding hydrogens is 579 g/mol. The van der Waals surface area contributed by atoms with Gasteiger partial charge in [0.05, 0.1) is 28.3 Å². The highest BCUT2D eigenvalue weighted by Gasteiger charge is 2.29. The SMILES string of the molecule is CCCCOP(=O)(OCCCC)Oc1cccc(C(=O)NCCN2CCN(c3ncnc4cc(C(N)=O)sc34)CC2)c1. The third-order valence-electron chi connectivity index (χ3n) is 6.73. The first-order valence-electron chi connectivity index (χ1n) is 14.3. The summed E-state index contributed by atoms with van der Waals surface area (Å²) in [6, 6.07) is 8.24. The van der Waals surface area contributed by atoms with E-state index in [4.69, 9.17) is 19.3 Å². The first-order chi connectivity index (χ1) is 20.3. The van der Waals surface area contributed by atoms with Gasteiger partial charge >= 0.3 is 7.82 Å². The second-order valence-electron chi connectivity index (χ2n) is 9.91. The summed E-state index contributed by atoms with van der Waals surface area (Å²) in [7, 11) is -3.81. The van der Waals surface area contributed by atoms with Gasteiger partial charge in [0.1, 0.15) is 17.9 Å². The smallest absolute Gasteiger partial charge is 0.404 e. The summed E-state index contributed by atoms with van der Waals surface area (Å²) in [6.45, 7) is 8.81. The fraction of sp³-hybridized carbons (Fsp3) is 0.500. The lowest BCUT2D eigenvalue weighted by molar-refractivity contribution is 0.0945. The molecule has 12 nitrogen and oxygen atoms in total. The number of carbonyl (C=O) groups is 2. The normalized spacial score (nSPS) is 14.3. The van der Waals surface area contributed by atoms with Gasteiger partial charge in [-0.2, -0.15) is 0 Å². The minimum atomic E-state index is -3.81. The van der Waals surface area contributed by atoms with Crippen molar-refractivity contribution in [2.24, 2.45) is 5.73 Å². The molecule has 1 aliphatic rings. The van der Waals surface area contributed by atoms with E-state index >= 15 is 0 Å². The molecule has 1 saturated heterocycles. The number of nitrogens with one attached hydrogen (secondary N) is 1. The fourth-order valence-electron chi connectivity index (χ4n) is 4.36. The molecule has 3 N–H and O–H groups in total. The van der Waals surface area contributed by atoms with E-state index in [0.717, 1.165) is 62.4 Å². The van der Waals surface area contributed by atoms with Crippen molar-refractivity contribution in [3.8, 4) is 5.75 Å². The fourth-order valence-corrected chi connectivity index (χ4v) is 6.59. The molecule has 0 bridgehead atoms. The highest BCUT2D eigenvalue weighted by atomic mass is 32.1. The summed E-state index contributed by atoms with van der Waals surface area (Å²) in [5, 5.41) is 2.96. The zero-order chi connectivity index (χ0) is 30.0. The van der Waals surface area contributed by atoms with E-state index in [9.17, 15) is 14.2 Å². The van der Waals surface area contributed by atoms with Crippen LogP contribution in [0.25, 0.3) is 10.2 Å². The number of thiophene rings is 1. The Morgan fingerprint density at radius 1 is 1.05 bits per heavy atom. The van der Waals surface area contributed by atoms with Crippen molar-refractivity contribution in [1.82, 2.24) is 20.2 Å². The zero-order valence-corrected chi connectivity index (χ0v) is 25.8. The number of piperazine rings is 1. The maximum atomic E-state index is 13.2. The van der Waals surface area contributed by atoms with Crippen molar-refractivity contribution < 1.29 is 27.7 Å². The Morgan fingerprint density at radius 2 is 1.76 bits per heavy atom. The van der Waals surface area contributed by atoms with Crippen LogP contribution >= 0.6 is 19.2 Å². The number of fused-ring (bicyclic) bond motifs is 1. The monoisotopic (exact) mass is 618 g/mol. The van der Waals surface area contributed by atoms with Gasteiger partial charge in [0, 0.05) is 44.8 Å². The van der Waals surface area contributed by atoms with Crippen molar-refractivity contribution in [3.63, 3.8) is 0 Å². The van der Waals surface area contributed by atoms with Crippen molar-refractivity contribution in [2.75, 3.05) is 57.4 Å². The third-order valence-corrected chi connectivity index (χ3v) is 9.30. The van der Waals surface area contributed by atoms with Crippen LogP contribution in [-0.4, -0.2) is 79.2 Å². The van der Waals surface area contributed by atoms with Crippen LogP contribution in [0.4, 0.5) is 5.82 Å². The predicted molar refractivity (Wildman–Crippen MR) is 163 cm³/mol. The van der Waals surface area contributed by atoms with Gasteiger partial charge < -0.3 is 20.5 Å². The number of unbranched alkanes of at least 4 members (excludes halogenated alkanes) is 2. The molecule has 0 unspecified atom stereocenters. The Morgan fingerprint density at radius 3 is 2.43 bits per heavy atom. The number of hydrogen-bond acceptors (Lipinski definition) is 11. The number of amides is 2. The van der Waals surface area contributed by atoms with Crippen LogP contribution < -0.4 is 20.5 Å². The van der Waals surface area contributed by atoms with Crippen molar-refractivity contribution in [2.45, 2.75) is 39.5 Å². The number of nitrogens with two attached hydrogens (primary N) is 1. The highest BCUT2D eigenvalue weighted by molar-refractivity contribution is 7.48. The largest absolute Gasteiger partial charge is 0.530 e. The van der Waals surface area contributed by atoms with Crippen LogP contribution in [0.15, 0.2) is 36.7 Å². The van der Waals surface area contributed by atoms with E-state index in [-0.39, 0.29) is 24.9 Å². The summed E-state index contributed by atoms with van der Waals surface area (Å²) in [6.07, 6.45) is 4.76. The van der Waals surface area contributed by atoms with Gasteiger partial charge in [0.15, 0.2) is 0 Å². The molecule has 228 valence electrons. The van der Waals surface area contributed by atoms with Gasteiger partial charge in [-0.15, -0.1) is 11.3 Å². The van der Waals surface area contributed by atoms with Gasteiger partial charge in [-0.1, -0.05) is 32.8 Å². The molecule has 1 aromatic carbocycles. The summed E-state index contributed by atoms with van der Waals surface area (Å²) < 4.78 is 30.7. The van der Waals surface area contributed by atoms with Gasteiger partial charge in [-0.3, -0.25) is 23.5 Å². The number of primary amides is 1. The Hall–Kier alpha value is -3.09. The lowest BCUT2D eigenvalue weighted by Crippen LogP contribution is -2.48. The van der Waals surface area contributed by atoms with Crippen LogP contribution in [-0.2, 0) is 13.6 Å². The predicted octanol–water partition coefficient (Wildman–Crippen LogP) is 4.46. The van der Waals surface area contributed by atoms with E-state index < -0.39 is 13.7 Å². The lowest BCUT2D eigenvalue weighted by Gasteiger charge is -2.35. The number of nitrogens with zero attached hydrogens (tertiary/aromatic N) is 4. The average molecular weight is 619 g/mol. The van der Waals surface area contributed by atoms with E-state index in [0.29, 0.717) is 29.0 Å². The third kappa shape index (κ3) is 8.71. The van der Waals surface area contributed by atoms with E-state index in [2.05, 4.69) is 25.1 Å². The number of phosphoric acid groups is 1. The first-order valence-corrected chi connectivity index (χ1v) is 16.6. The van der Waals surface area contributed by atoms with Crippen molar-refractivity contribution >= 4 is 47.0 Å². The second kappa shape index (κ2) is 15.4. The number of benzene rings is 1. The number of hydrogen-bond donors (Lipinski definition) is 2.